The smallest absolute Gasteiger partial charge is 0.146 e. The van der Waals surface area contributed by atoms with Crippen LogP contribution in [0.1, 0.15) is 26.7 Å². The molecule has 0 bridgehead atoms. The molecule has 4 heteroatoms. The van der Waals surface area contributed by atoms with Gasteiger partial charge in [-0.15, -0.1) is 0 Å². The largest absolute Gasteiger partial charge is 0.383 e. The van der Waals surface area contributed by atoms with Crippen LogP contribution >= 0.6 is 0 Å². The minimum Gasteiger partial charge on any atom is -0.383 e. The monoisotopic (exact) mass is 231 g/mol. The molecule has 0 saturated heterocycles. The second kappa shape index (κ2) is 9.75. The van der Waals surface area contributed by atoms with Crippen LogP contribution in [-0.2, 0) is 14.3 Å². The van der Waals surface area contributed by atoms with Crippen molar-refractivity contribution in [2.75, 3.05) is 40.5 Å². The number of Topliss-reactive ketones (excluding diaryl/α,β-unsaturated/α-hetero) is 1. The van der Waals surface area contributed by atoms with Crippen LogP contribution in [0.5, 0.6) is 0 Å². The van der Waals surface area contributed by atoms with E-state index in [9.17, 15) is 4.79 Å². The Labute approximate surface area is 98.9 Å². The van der Waals surface area contributed by atoms with Crippen molar-refractivity contribution in [1.29, 1.82) is 0 Å². The van der Waals surface area contributed by atoms with Crippen LogP contribution in [0.2, 0.25) is 0 Å². The van der Waals surface area contributed by atoms with Crippen LogP contribution in [0, 0.1) is 0 Å². The number of rotatable bonds is 10. The Bertz CT molecular complexity index is 185. The van der Waals surface area contributed by atoms with Gasteiger partial charge in [-0.1, -0.05) is 6.92 Å². The van der Waals surface area contributed by atoms with Gasteiger partial charge in [-0.3, -0.25) is 9.69 Å². The normalized spacial score (nSPS) is 13.1. The van der Waals surface area contributed by atoms with Gasteiger partial charge in [-0.25, -0.2) is 0 Å². The molecule has 0 aliphatic rings. The minimum absolute atomic E-state index is 0.251. The van der Waals surface area contributed by atoms with E-state index in [4.69, 9.17) is 9.47 Å². The minimum atomic E-state index is 0.251. The highest BCUT2D eigenvalue weighted by Gasteiger charge is 2.16. The number of methoxy groups -OCH3 is 2. The molecule has 96 valence electrons. The molecular formula is C12H25NO3. The van der Waals surface area contributed by atoms with E-state index in [1.54, 1.807) is 14.2 Å². The molecule has 16 heavy (non-hydrogen) atoms. The van der Waals surface area contributed by atoms with E-state index in [1.807, 2.05) is 6.92 Å². The van der Waals surface area contributed by atoms with Crippen molar-refractivity contribution in [2.45, 2.75) is 32.7 Å². The summed E-state index contributed by atoms with van der Waals surface area (Å²) >= 11 is 0. The lowest BCUT2D eigenvalue weighted by atomic mass is 10.2. The first-order valence-corrected chi connectivity index (χ1v) is 5.89. The maximum absolute atomic E-state index is 11.6. The first-order chi connectivity index (χ1) is 7.65. The van der Waals surface area contributed by atoms with E-state index in [1.165, 1.54) is 0 Å². The van der Waals surface area contributed by atoms with E-state index in [0.717, 1.165) is 13.0 Å². The lowest BCUT2D eigenvalue weighted by Crippen LogP contribution is -2.41. The average molecular weight is 231 g/mol. The first kappa shape index (κ1) is 15.6. The fraction of sp³-hybridized carbons (Fsp3) is 0.917. The fourth-order valence-electron chi connectivity index (χ4n) is 1.59. The molecule has 0 aliphatic carbocycles. The third kappa shape index (κ3) is 6.93. The van der Waals surface area contributed by atoms with Gasteiger partial charge >= 0.3 is 0 Å². The molecule has 0 rings (SSSR count). The number of ether oxygens (including phenoxy) is 2. The molecule has 0 saturated carbocycles. The summed E-state index contributed by atoms with van der Waals surface area (Å²) in [6.07, 6.45) is 1.57. The average Bonchev–Trinajstić information content (AvgIpc) is 2.24. The summed E-state index contributed by atoms with van der Waals surface area (Å²) in [4.78, 5) is 13.7. The van der Waals surface area contributed by atoms with Gasteiger partial charge in [0.1, 0.15) is 5.78 Å². The number of carbonyl (C=O) groups excluding carboxylic acids is 1. The molecule has 0 aromatic rings. The number of carbonyl (C=O) groups is 1. The van der Waals surface area contributed by atoms with Crippen molar-refractivity contribution in [1.82, 2.24) is 4.90 Å². The van der Waals surface area contributed by atoms with Crippen molar-refractivity contribution in [3.63, 3.8) is 0 Å². The number of hydrogen-bond acceptors (Lipinski definition) is 4. The molecule has 0 aliphatic heterocycles. The molecule has 0 amide bonds. The lowest BCUT2D eigenvalue weighted by molar-refractivity contribution is -0.121. The summed E-state index contributed by atoms with van der Waals surface area (Å²) in [6.45, 7) is 6.66. The van der Waals surface area contributed by atoms with Crippen LogP contribution in [0.4, 0.5) is 0 Å². The molecule has 1 atom stereocenters. The van der Waals surface area contributed by atoms with E-state index in [2.05, 4.69) is 11.8 Å². The van der Waals surface area contributed by atoms with Crippen LogP contribution < -0.4 is 0 Å². The van der Waals surface area contributed by atoms with Crippen molar-refractivity contribution in [3.05, 3.63) is 0 Å². The molecular weight excluding hydrogens is 206 g/mol. The molecule has 4 nitrogen and oxygen atoms in total. The van der Waals surface area contributed by atoms with Gasteiger partial charge < -0.3 is 9.47 Å². The zero-order valence-corrected chi connectivity index (χ0v) is 11.0. The summed E-state index contributed by atoms with van der Waals surface area (Å²) in [6, 6.07) is 0.251. The zero-order valence-electron chi connectivity index (χ0n) is 11.0. The van der Waals surface area contributed by atoms with Crippen molar-refractivity contribution in [2.24, 2.45) is 0 Å². The van der Waals surface area contributed by atoms with Crippen LogP contribution in [-0.4, -0.2) is 57.2 Å². The Morgan fingerprint density at radius 2 is 2.00 bits per heavy atom. The third-order valence-corrected chi connectivity index (χ3v) is 2.52. The summed E-state index contributed by atoms with van der Waals surface area (Å²) in [7, 11) is 3.35. The zero-order chi connectivity index (χ0) is 12.4. The number of nitrogens with zero attached hydrogens (tertiary/aromatic N) is 1. The predicted octanol–water partition coefficient (Wildman–Crippen LogP) is 1.34. The summed E-state index contributed by atoms with van der Waals surface area (Å²) < 4.78 is 10.2. The highest BCUT2D eigenvalue weighted by atomic mass is 16.5. The van der Waals surface area contributed by atoms with Gasteiger partial charge in [0.15, 0.2) is 0 Å². The molecule has 0 fully saturated rings. The van der Waals surface area contributed by atoms with Gasteiger partial charge in [-0.05, 0) is 13.3 Å². The molecule has 1 unspecified atom stereocenters. The Kier molecular flexibility index (Phi) is 9.48. The van der Waals surface area contributed by atoms with Gasteiger partial charge in [-0.2, -0.15) is 0 Å². The maximum Gasteiger partial charge on any atom is 0.146 e. The van der Waals surface area contributed by atoms with Gasteiger partial charge in [0.05, 0.1) is 19.8 Å². The standard InChI is InChI=1S/C12H25NO3/c1-5-6-12(14)9-13(7-8-15-3)11(2)10-16-4/h11H,5-10H2,1-4H3. The Hall–Kier alpha value is -0.450. The molecule has 0 aromatic carbocycles. The number of hydrogen-bond donors (Lipinski definition) is 0. The summed E-state index contributed by atoms with van der Waals surface area (Å²) in [5, 5.41) is 0. The second-order valence-electron chi connectivity index (χ2n) is 4.06. The molecule has 0 spiro atoms. The molecule has 0 aromatic heterocycles. The van der Waals surface area contributed by atoms with Gasteiger partial charge in [0.25, 0.3) is 0 Å². The molecule has 0 radical (unpaired) electrons. The van der Waals surface area contributed by atoms with Crippen molar-refractivity contribution in [3.8, 4) is 0 Å². The predicted molar refractivity (Wildman–Crippen MR) is 64.7 cm³/mol. The SMILES string of the molecule is CCCC(=O)CN(CCOC)C(C)COC. The van der Waals surface area contributed by atoms with E-state index >= 15 is 0 Å². The summed E-state index contributed by atoms with van der Waals surface area (Å²) in [5.74, 6) is 0.293. The fourth-order valence-corrected chi connectivity index (χ4v) is 1.59. The maximum atomic E-state index is 11.6. The van der Waals surface area contributed by atoms with Crippen molar-refractivity contribution >= 4 is 5.78 Å². The quantitative estimate of drug-likeness (QED) is 0.569. The number of ketones is 1. The lowest BCUT2D eigenvalue weighted by Gasteiger charge is -2.27. The van der Waals surface area contributed by atoms with Crippen molar-refractivity contribution < 1.29 is 14.3 Å². The van der Waals surface area contributed by atoms with Crippen LogP contribution in [0.3, 0.4) is 0 Å². The summed E-state index contributed by atoms with van der Waals surface area (Å²) in [5.41, 5.74) is 0. The topological polar surface area (TPSA) is 38.8 Å². The van der Waals surface area contributed by atoms with E-state index < -0.39 is 0 Å². The van der Waals surface area contributed by atoms with Gasteiger partial charge in [0.2, 0.25) is 0 Å². The Balaban J connectivity index is 4.12. The Morgan fingerprint density at radius 3 is 2.50 bits per heavy atom. The highest BCUT2D eigenvalue weighted by molar-refractivity contribution is 5.80. The molecule has 0 N–H and O–H groups in total. The highest BCUT2D eigenvalue weighted by Crippen LogP contribution is 2.02. The first-order valence-electron chi connectivity index (χ1n) is 5.89. The van der Waals surface area contributed by atoms with E-state index in [0.29, 0.717) is 32.0 Å². The third-order valence-electron chi connectivity index (χ3n) is 2.52. The van der Waals surface area contributed by atoms with E-state index in [-0.39, 0.29) is 6.04 Å². The Morgan fingerprint density at radius 1 is 1.31 bits per heavy atom. The van der Waals surface area contributed by atoms with Crippen LogP contribution in [0.25, 0.3) is 0 Å². The molecule has 0 heterocycles. The van der Waals surface area contributed by atoms with Crippen LogP contribution in [0.15, 0.2) is 0 Å². The second-order valence-corrected chi connectivity index (χ2v) is 4.06. The van der Waals surface area contributed by atoms with Gasteiger partial charge in [0, 0.05) is 33.2 Å².